The first-order valence-corrected chi connectivity index (χ1v) is 12.1. The number of nitrogens with zero attached hydrogens (tertiary/aromatic N) is 1. The first kappa shape index (κ1) is 23.4. The number of carbonyl (C=O) groups excluding carboxylic acids is 1. The Morgan fingerprint density at radius 3 is 2.13 bits per heavy atom. The fourth-order valence-electron chi connectivity index (χ4n) is 4.91. The summed E-state index contributed by atoms with van der Waals surface area (Å²) in [5, 5.41) is 4.63. The molecule has 6 nitrogen and oxygen atoms in total. The molecule has 3 rings (SSSR count). The number of amides is 1. The Hall–Kier alpha value is -2.24. The minimum absolute atomic E-state index is 0.245. The van der Waals surface area contributed by atoms with Gasteiger partial charge in [0.15, 0.2) is 11.5 Å². The molecule has 2 aliphatic carbocycles. The molecule has 172 valence electrons. The summed E-state index contributed by atoms with van der Waals surface area (Å²) in [5.41, 5.74) is 4.46. The van der Waals surface area contributed by atoms with Gasteiger partial charge in [-0.1, -0.05) is 25.7 Å². The van der Waals surface area contributed by atoms with Gasteiger partial charge in [-0.25, -0.2) is 5.43 Å². The second-order valence-corrected chi connectivity index (χ2v) is 8.40. The van der Waals surface area contributed by atoms with Crippen LogP contribution in [-0.2, 0) is 0 Å². The van der Waals surface area contributed by atoms with E-state index in [2.05, 4.69) is 10.5 Å². The van der Waals surface area contributed by atoms with E-state index in [4.69, 9.17) is 14.2 Å². The van der Waals surface area contributed by atoms with Crippen molar-refractivity contribution in [2.75, 3.05) is 19.8 Å². The van der Waals surface area contributed by atoms with Gasteiger partial charge in [0.05, 0.1) is 19.8 Å². The quantitative estimate of drug-likeness (QED) is 0.507. The molecule has 2 aliphatic rings. The second kappa shape index (κ2) is 12.0. The summed E-state index contributed by atoms with van der Waals surface area (Å²) in [5.74, 6) is 2.58. The van der Waals surface area contributed by atoms with Gasteiger partial charge >= 0.3 is 0 Å². The number of hydrogen-bond acceptors (Lipinski definition) is 5. The van der Waals surface area contributed by atoms with Crippen molar-refractivity contribution < 1.29 is 19.0 Å². The summed E-state index contributed by atoms with van der Waals surface area (Å²) in [7, 11) is 0. The highest BCUT2D eigenvalue weighted by Gasteiger charge is 2.30. The number of nitrogens with one attached hydrogen (secondary N) is 1. The van der Waals surface area contributed by atoms with E-state index in [0.29, 0.717) is 48.6 Å². The maximum absolute atomic E-state index is 13.0. The number of hydrazone groups is 1. The van der Waals surface area contributed by atoms with E-state index in [9.17, 15) is 4.79 Å². The molecule has 31 heavy (non-hydrogen) atoms. The van der Waals surface area contributed by atoms with E-state index in [1.807, 2.05) is 20.8 Å². The van der Waals surface area contributed by atoms with Crippen molar-refractivity contribution in [3.05, 3.63) is 17.7 Å². The molecule has 0 aromatic heterocycles. The fraction of sp³-hybridized carbons (Fsp3) is 0.680. The fourth-order valence-corrected chi connectivity index (χ4v) is 4.91. The van der Waals surface area contributed by atoms with Gasteiger partial charge in [-0.2, -0.15) is 5.10 Å². The Kier molecular flexibility index (Phi) is 9.04. The lowest BCUT2D eigenvalue weighted by molar-refractivity contribution is 0.0953. The van der Waals surface area contributed by atoms with Gasteiger partial charge in [-0.15, -0.1) is 0 Å². The summed E-state index contributed by atoms with van der Waals surface area (Å²) in [6.07, 6.45) is 11.2. The van der Waals surface area contributed by atoms with Gasteiger partial charge in [0.25, 0.3) is 5.91 Å². The number of hydrogen-bond donors (Lipinski definition) is 1. The first-order valence-electron chi connectivity index (χ1n) is 12.1. The highest BCUT2D eigenvalue weighted by atomic mass is 16.5. The third-order valence-corrected chi connectivity index (χ3v) is 6.32. The summed E-state index contributed by atoms with van der Waals surface area (Å²) < 4.78 is 17.2. The van der Waals surface area contributed by atoms with E-state index >= 15 is 0 Å². The van der Waals surface area contributed by atoms with E-state index in [-0.39, 0.29) is 5.91 Å². The monoisotopic (exact) mass is 430 g/mol. The molecule has 0 saturated heterocycles. The van der Waals surface area contributed by atoms with Crippen molar-refractivity contribution in [1.82, 2.24) is 5.43 Å². The number of carbonyl (C=O) groups is 1. The van der Waals surface area contributed by atoms with Crippen LogP contribution in [0, 0.1) is 11.8 Å². The normalized spacial score (nSPS) is 21.0. The molecular weight excluding hydrogens is 392 g/mol. The minimum atomic E-state index is -0.245. The third-order valence-electron chi connectivity index (χ3n) is 6.32. The summed E-state index contributed by atoms with van der Waals surface area (Å²) >= 11 is 0. The molecule has 6 heteroatoms. The Morgan fingerprint density at radius 2 is 1.52 bits per heavy atom. The molecule has 0 bridgehead atoms. The Morgan fingerprint density at radius 1 is 0.903 bits per heavy atom. The average Bonchev–Trinajstić information content (AvgIpc) is 2.80. The topological polar surface area (TPSA) is 69.2 Å². The molecule has 2 saturated carbocycles. The minimum Gasteiger partial charge on any atom is -0.490 e. The Bertz CT molecular complexity index is 729. The third kappa shape index (κ3) is 6.14. The van der Waals surface area contributed by atoms with Crippen LogP contribution in [-0.4, -0.2) is 31.4 Å². The standard InChI is InChI=1S/C25H38N2O4/c1-4-29-22-16-19(17-23(30-5-2)24(22)31-6-3)25(28)27-26-21-15-11-10-14-20(21)18-12-8-7-9-13-18/h16-18,20H,4-15H2,1-3H3,(H,27,28)/b26-21-/t20-/m0/s1. The molecule has 1 aromatic rings. The van der Waals surface area contributed by atoms with Gasteiger partial charge in [0, 0.05) is 17.2 Å². The van der Waals surface area contributed by atoms with Crippen LogP contribution in [0.15, 0.2) is 17.2 Å². The maximum atomic E-state index is 13.0. The summed E-state index contributed by atoms with van der Waals surface area (Å²) in [4.78, 5) is 13.0. The van der Waals surface area contributed by atoms with Gasteiger partial charge in [-0.05, 0) is 70.9 Å². The van der Waals surface area contributed by atoms with Gasteiger partial charge in [0.2, 0.25) is 5.75 Å². The molecular formula is C25H38N2O4. The number of rotatable bonds is 9. The first-order chi connectivity index (χ1) is 15.2. The lowest BCUT2D eigenvalue weighted by Crippen LogP contribution is -2.31. The molecule has 0 spiro atoms. The molecule has 0 unspecified atom stereocenters. The molecule has 0 aliphatic heterocycles. The molecule has 2 fully saturated rings. The molecule has 0 radical (unpaired) electrons. The van der Waals surface area contributed by atoms with Crippen LogP contribution >= 0.6 is 0 Å². The molecule has 1 N–H and O–H groups in total. The predicted molar refractivity (Wildman–Crippen MR) is 123 cm³/mol. The lowest BCUT2D eigenvalue weighted by atomic mass is 9.72. The van der Waals surface area contributed by atoms with Crippen molar-refractivity contribution >= 4 is 11.6 Å². The zero-order valence-electron chi connectivity index (χ0n) is 19.4. The SMILES string of the molecule is CCOc1cc(C(=O)N/N=C2/CCCC[C@H]2C2CCCCC2)cc(OCC)c1OCC. The zero-order chi connectivity index (χ0) is 22.1. The van der Waals surface area contributed by atoms with Crippen molar-refractivity contribution in [2.45, 2.75) is 78.6 Å². The van der Waals surface area contributed by atoms with Crippen LogP contribution < -0.4 is 19.6 Å². The van der Waals surface area contributed by atoms with Crippen LogP contribution in [0.3, 0.4) is 0 Å². The van der Waals surface area contributed by atoms with E-state index in [1.54, 1.807) is 12.1 Å². The highest BCUT2D eigenvalue weighted by molar-refractivity contribution is 5.97. The zero-order valence-corrected chi connectivity index (χ0v) is 19.4. The second-order valence-electron chi connectivity index (χ2n) is 8.40. The van der Waals surface area contributed by atoms with Crippen LogP contribution in [0.4, 0.5) is 0 Å². The molecule has 1 aromatic carbocycles. The van der Waals surface area contributed by atoms with Crippen molar-refractivity contribution in [1.29, 1.82) is 0 Å². The molecule has 0 heterocycles. The van der Waals surface area contributed by atoms with E-state index in [1.165, 1.54) is 50.7 Å². The van der Waals surface area contributed by atoms with Crippen molar-refractivity contribution in [3.63, 3.8) is 0 Å². The maximum Gasteiger partial charge on any atom is 0.271 e. The largest absolute Gasteiger partial charge is 0.490 e. The van der Waals surface area contributed by atoms with Crippen LogP contribution in [0.25, 0.3) is 0 Å². The van der Waals surface area contributed by atoms with Gasteiger partial charge in [0.1, 0.15) is 0 Å². The summed E-state index contributed by atoms with van der Waals surface area (Å²) in [6.45, 7) is 7.16. The highest BCUT2D eigenvalue weighted by Crippen LogP contribution is 2.39. The molecule has 1 atom stereocenters. The Labute approximate surface area is 186 Å². The van der Waals surface area contributed by atoms with Crippen LogP contribution in [0.1, 0.15) is 88.9 Å². The predicted octanol–water partition coefficient (Wildman–Crippen LogP) is 5.74. The Balaban J connectivity index is 1.79. The van der Waals surface area contributed by atoms with Gasteiger partial charge in [-0.3, -0.25) is 4.79 Å². The smallest absolute Gasteiger partial charge is 0.271 e. The van der Waals surface area contributed by atoms with Crippen LogP contribution in [0.5, 0.6) is 17.2 Å². The van der Waals surface area contributed by atoms with Gasteiger partial charge < -0.3 is 14.2 Å². The number of ether oxygens (including phenoxy) is 3. The number of benzene rings is 1. The lowest BCUT2D eigenvalue weighted by Gasteiger charge is -2.33. The van der Waals surface area contributed by atoms with Crippen molar-refractivity contribution in [3.8, 4) is 17.2 Å². The molecule has 1 amide bonds. The van der Waals surface area contributed by atoms with E-state index < -0.39 is 0 Å². The van der Waals surface area contributed by atoms with E-state index in [0.717, 1.165) is 18.8 Å². The average molecular weight is 431 g/mol. The van der Waals surface area contributed by atoms with Crippen molar-refractivity contribution in [2.24, 2.45) is 16.9 Å². The summed E-state index contributed by atoms with van der Waals surface area (Å²) in [6, 6.07) is 3.43. The van der Waals surface area contributed by atoms with Crippen LogP contribution in [0.2, 0.25) is 0 Å².